The van der Waals surface area contributed by atoms with Crippen LogP contribution in [0.5, 0.6) is 0 Å². The molecule has 0 aliphatic heterocycles. The van der Waals surface area contributed by atoms with Crippen LogP contribution in [-0.2, 0) is 19.1 Å². The quantitative estimate of drug-likeness (QED) is 0.0238. The second kappa shape index (κ2) is 23.2. The zero-order valence-corrected chi connectivity index (χ0v) is 30.9. The third kappa shape index (κ3) is 12.3. The Hall–Kier alpha value is -3.23. The van der Waals surface area contributed by atoms with Crippen molar-refractivity contribution in [2.75, 3.05) is 20.4 Å². The van der Waals surface area contributed by atoms with Crippen molar-refractivity contribution in [2.24, 2.45) is 0 Å². The number of hydrogen-bond donors (Lipinski definition) is 0. The highest BCUT2D eigenvalue weighted by Gasteiger charge is 2.47. The summed E-state index contributed by atoms with van der Waals surface area (Å²) in [7, 11) is 0.349. The van der Waals surface area contributed by atoms with Crippen molar-refractivity contribution < 1.29 is 19.1 Å². The molecule has 0 spiro atoms. The summed E-state index contributed by atoms with van der Waals surface area (Å²) in [6, 6.07) is 31.7. The lowest BCUT2D eigenvalue weighted by molar-refractivity contribution is -0.144. The predicted octanol–water partition coefficient (Wildman–Crippen LogP) is 10.3. The molecule has 5 heteroatoms. The van der Waals surface area contributed by atoms with Gasteiger partial charge >= 0.3 is 11.9 Å². The summed E-state index contributed by atoms with van der Waals surface area (Å²) in [6.45, 7) is 2.28. The van der Waals surface area contributed by atoms with Gasteiger partial charge in [0.25, 0.3) is 0 Å². The molecule has 0 radical (unpaired) electrons. The Balaban J connectivity index is 1.71. The van der Waals surface area contributed by atoms with E-state index in [4.69, 9.17) is 9.47 Å². The van der Waals surface area contributed by atoms with Gasteiger partial charge in [-0.15, -0.1) is 0 Å². The van der Waals surface area contributed by atoms with Gasteiger partial charge in [0.05, 0.1) is 20.4 Å². The van der Waals surface area contributed by atoms with E-state index >= 15 is 0 Å². The Morgan fingerprint density at radius 2 is 0.792 bits per heavy atom. The molecule has 3 aromatic carbocycles. The second-order valence-corrected chi connectivity index (χ2v) is 16.5. The van der Waals surface area contributed by atoms with Gasteiger partial charge in [0.2, 0.25) is 0 Å². The van der Waals surface area contributed by atoms with E-state index in [9.17, 15) is 9.59 Å². The van der Waals surface area contributed by atoms with E-state index in [-0.39, 0.29) is 5.57 Å². The van der Waals surface area contributed by atoms with E-state index < -0.39 is 19.2 Å². The molecule has 48 heavy (non-hydrogen) atoms. The molecular formula is C43H60O4P+. The van der Waals surface area contributed by atoms with Gasteiger partial charge in [0, 0.05) is 0 Å². The molecule has 0 heterocycles. The molecule has 0 saturated carbocycles. The minimum Gasteiger partial charge on any atom is -0.465 e. The normalized spacial score (nSPS) is 11.2. The van der Waals surface area contributed by atoms with Crippen LogP contribution in [0.4, 0.5) is 0 Å². The van der Waals surface area contributed by atoms with Crippen molar-refractivity contribution in [3.05, 3.63) is 102 Å². The Labute approximate surface area is 292 Å². The average molecular weight is 672 g/mol. The SMILES string of the molecule is CCCCCCCCCCCCCCCCCCC(C[P+](c1ccccc1)(c1ccccc1)c1ccccc1)=C(C(=O)OC)C(=O)OC. The van der Waals surface area contributed by atoms with Crippen molar-refractivity contribution >= 4 is 35.1 Å². The summed E-state index contributed by atoms with van der Waals surface area (Å²) < 4.78 is 10.4. The van der Waals surface area contributed by atoms with Gasteiger partial charge in [-0.1, -0.05) is 158 Å². The van der Waals surface area contributed by atoms with Crippen molar-refractivity contribution in [1.82, 2.24) is 0 Å². The number of hydrogen-bond acceptors (Lipinski definition) is 4. The molecule has 0 amide bonds. The first-order valence-electron chi connectivity index (χ1n) is 18.5. The summed E-state index contributed by atoms with van der Waals surface area (Å²) >= 11 is 0. The molecular weight excluding hydrogens is 611 g/mol. The molecule has 260 valence electrons. The fraction of sp³-hybridized carbons (Fsp3) is 0.488. The monoisotopic (exact) mass is 671 g/mol. The van der Waals surface area contributed by atoms with Crippen LogP contribution in [-0.4, -0.2) is 32.3 Å². The number of methoxy groups -OCH3 is 2. The van der Waals surface area contributed by atoms with Gasteiger partial charge in [-0.2, -0.15) is 0 Å². The van der Waals surface area contributed by atoms with Gasteiger partial charge in [-0.05, 0) is 54.8 Å². The smallest absolute Gasteiger partial charge is 0.345 e. The third-order valence-electron chi connectivity index (χ3n) is 9.48. The second-order valence-electron chi connectivity index (χ2n) is 13.0. The van der Waals surface area contributed by atoms with Crippen LogP contribution < -0.4 is 15.9 Å². The highest BCUT2D eigenvalue weighted by Crippen LogP contribution is 2.57. The molecule has 0 atom stereocenters. The van der Waals surface area contributed by atoms with Crippen molar-refractivity contribution in [1.29, 1.82) is 0 Å². The third-order valence-corrected chi connectivity index (χ3v) is 13.9. The Morgan fingerprint density at radius 1 is 0.479 bits per heavy atom. The first-order valence-corrected chi connectivity index (χ1v) is 20.5. The zero-order valence-electron chi connectivity index (χ0n) is 30.0. The van der Waals surface area contributed by atoms with Gasteiger partial charge < -0.3 is 9.47 Å². The summed E-state index contributed by atoms with van der Waals surface area (Å²) in [6.07, 6.45) is 22.0. The molecule has 0 N–H and O–H groups in total. The van der Waals surface area contributed by atoms with Crippen LogP contribution in [0.2, 0.25) is 0 Å². The van der Waals surface area contributed by atoms with E-state index in [1.54, 1.807) is 0 Å². The summed E-state index contributed by atoms with van der Waals surface area (Å²) in [4.78, 5) is 26.5. The molecule has 3 aromatic rings. The van der Waals surface area contributed by atoms with Crippen molar-refractivity contribution in [3.63, 3.8) is 0 Å². The molecule has 0 unspecified atom stereocenters. The van der Waals surface area contributed by atoms with E-state index in [1.165, 1.54) is 114 Å². The van der Waals surface area contributed by atoms with Crippen LogP contribution >= 0.6 is 7.26 Å². The molecule has 0 bridgehead atoms. The lowest BCUT2D eigenvalue weighted by Gasteiger charge is -2.29. The Bertz CT molecular complexity index is 1220. The van der Waals surface area contributed by atoms with E-state index in [1.807, 2.05) is 18.2 Å². The molecule has 0 aromatic heterocycles. The number of carbonyl (C=O) groups is 2. The van der Waals surface area contributed by atoms with Crippen LogP contribution in [0.1, 0.15) is 116 Å². The van der Waals surface area contributed by atoms with Crippen LogP contribution in [0.25, 0.3) is 0 Å². The molecule has 0 aliphatic carbocycles. The molecule has 3 rings (SSSR count). The number of benzene rings is 3. The average Bonchev–Trinajstić information content (AvgIpc) is 3.14. The standard InChI is InChI=1S/C43H60O4P/c1-4-5-6-7-8-9-10-11-12-13-14-15-16-17-18-22-29-37(41(42(44)46-2)43(45)47-3)36-48(38-30-23-19-24-31-38,39-32-25-20-26-33-39)40-34-27-21-28-35-40/h19-21,23-28,30-35H,4-18,22,29,36H2,1-3H3/q+1. The van der Waals surface area contributed by atoms with E-state index in [0.29, 0.717) is 12.6 Å². The number of carbonyl (C=O) groups excluding carboxylic acids is 2. The largest absolute Gasteiger partial charge is 0.465 e. The van der Waals surface area contributed by atoms with Gasteiger partial charge in [-0.25, -0.2) is 9.59 Å². The number of esters is 2. The Kier molecular flexibility index (Phi) is 18.9. The molecule has 0 aliphatic rings. The predicted molar refractivity (Wildman–Crippen MR) is 205 cm³/mol. The summed E-state index contributed by atoms with van der Waals surface area (Å²) in [5, 5.41) is 3.63. The van der Waals surface area contributed by atoms with Crippen LogP contribution in [0.15, 0.2) is 102 Å². The lowest BCUT2D eigenvalue weighted by atomic mass is 10.0. The molecule has 4 nitrogen and oxygen atoms in total. The summed E-state index contributed by atoms with van der Waals surface area (Å²) in [5.41, 5.74) is 0.872. The van der Waals surface area contributed by atoms with E-state index in [0.717, 1.165) is 24.8 Å². The minimum atomic E-state index is -2.33. The topological polar surface area (TPSA) is 52.6 Å². The maximum atomic E-state index is 13.3. The first kappa shape index (κ1) is 39.2. The highest BCUT2D eigenvalue weighted by molar-refractivity contribution is 7.95. The highest BCUT2D eigenvalue weighted by atomic mass is 31.2. The number of unbranched alkanes of at least 4 members (excludes halogenated alkanes) is 15. The number of ether oxygens (including phenoxy) is 2. The van der Waals surface area contributed by atoms with Gasteiger partial charge in [0.15, 0.2) is 0 Å². The number of allylic oxidation sites excluding steroid dienone is 1. The van der Waals surface area contributed by atoms with Crippen molar-refractivity contribution in [3.8, 4) is 0 Å². The molecule has 0 fully saturated rings. The lowest BCUT2D eigenvalue weighted by Crippen LogP contribution is -2.35. The maximum Gasteiger partial charge on any atom is 0.345 e. The van der Waals surface area contributed by atoms with Gasteiger partial charge in [0.1, 0.15) is 28.7 Å². The van der Waals surface area contributed by atoms with Crippen LogP contribution in [0, 0.1) is 0 Å². The first-order chi connectivity index (χ1) is 23.6. The van der Waals surface area contributed by atoms with Crippen LogP contribution in [0.3, 0.4) is 0 Å². The van der Waals surface area contributed by atoms with Crippen molar-refractivity contribution in [2.45, 2.75) is 116 Å². The zero-order chi connectivity index (χ0) is 34.3. The molecule has 0 saturated heterocycles. The fourth-order valence-electron chi connectivity index (χ4n) is 6.80. The van der Waals surface area contributed by atoms with Gasteiger partial charge in [-0.3, -0.25) is 0 Å². The summed E-state index contributed by atoms with van der Waals surface area (Å²) in [5.74, 6) is -1.25. The minimum absolute atomic E-state index is 0.0492. The fourth-order valence-corrected chi connectivity index (χ4v) is 11.2. The Morgan fingerprint density at radius 3 is 1.10 bits per heavy atom. The number of rotatable bonds is 24. The van der Waals surface area contributed by atoms with E-state index in [2.05, 4.69) is 79.7 Å². The maximum absolute atomic E-state index is 13.3.